The number of hydrogen-bond acceptors (Lipinski definition) is 5. The average Bonchev–Trinajstić information content (AvgIpc) is 2.22. The molecule has 0 bridgehead atoms. The van der Waals surface area contributed by atoms with Gasteiger partial charge in [-0.3, -0.25) is 9.78 Å². The van der Waals surface area contributed by atoms with Crippen LogP contribution in [0.5, 0.6) is 0 Å². The van der Waals surface area contributed by atoms with Crippen LogP contribution in [0.2, 0.25) is 0 Å². The minimum absolute atomic E-state index is 0.0884. The second kappa shape index (κ2) is 3.72. The van der Waals surface area contributed by atoms with Crippen LogP contribution >= 0.6 is 0 Å². The Morgan fingerprint density at radius 2 is 2.20 bits per heavy atom. The van der Waals surface area contributed by atoms with Gasteiger partial charge in [0.15, 0.2) is 0 Å². The highest BCUT2D eigenvalue weighted by Gasteiger charge is 2.21. The van der Waals surface area contributed by atoms with Gasteiger partial charge < -0.3 is 15.5 Å². The van der Waals surface area contributed by atoms with Crippen LogP contribution in [0.4, 0.5) is 11.6 Å². The van der Waals surface area contributed by atoms with Gasteiger partial charge in [0.25, 0.3) is 0 Å². The molecule has 1 aliphatic rings. The maximum absolute atomic E-state index is 11.5. The molecule has 0 unspecified atom stereocenters. The zero-order valence-corrected chi connectivity index (χ0v) is 8.55. The van der Waals surface area contributed by atoms with Gasteiger partial charge in [0.05, 0.1) is 18.9 Å². The van der Waals surface area contributed by atoms with Crippen LogP contribution in [0, 0.1) is 0 Å². The van der Waals surface area contributed by atoms with E-state index >= 15 is 0 Å². The number of likely N-dealkylation sites (N-methyl/N-ethyl adjacent to an activating group) is 1. The molecule has 6 nitrogen and oxygen atoms in total. The van der Waals surface area contributed by atoms with Crippen molar-refractivity contribution in [3.05, 3.63) is 12.4 Å². The molecular formula is C9H13N5O. The summed E-state index contributed by atoms with van der Waals surface area (Å²) in [6.45, 7) is 1.81. The lowest BCUT2D eigenvalue weighted by molar-refractivity contribution is -0.129. The van der Waals surface area contributed by atoms with Gasteiger partial charge in [-0.15, -0.1) is 0 Å². The Balaban J connectivity index is 2.15. The third-order valence-electron chi connectivity index (χ3n) is 2.42. The van der Waals surface area contributed by atoms with Crippen LogP contribution in [0.3, 0.4) is 0 Å². The number of piperazine rings is 1. The first-order valence-electron chi connectivity index (χ1n) is 4.73. The molecular weight excluding hydrogens is 194 g/mol. The number of nitrogens with two attached hydrogens (primary N) is 1. The normalized spacial score (nSPS) is 17.0. The Kier molecular flexibility index (Phi) is 2.40. The van der Waals surface area contributed by atoms with Gasteiger partial charge in [-0.1, -0.05) is 0 Å². The fourth-order valence-electron chi connectivity index (χ4n) is 1.48. The SMILES string of the molecule is CN1CCN(c2cncc(N)n2)CC1=O. The summed E-state index contributed by atoms with van der Waals surface area (Å²) < 4.78 is 0. The number of aromatic nitrogens is 2. The maximum atomic E-state index is 11.5. The Morgan fingerprint density at radius 3 is 2.87 bits per heavy atom. The Labute approximate surface area is 87.7 Å². The molecule has 1 saturated heterocycles. The van der Waals surface area contributed by atoms with Crippen molar-refractivity contribution in [3.63, 3.8) is 0 Å². The summed E-state index contributed by atoms with van der Waals surface area (Å²) in [7, 11) is 1.80. The van der Waals surface area contributed by atoms with Crippen molar-refractivity contribution in [2.75, 3.05) is 37.3 Å². The van der Waals surface area contributed by atoms with Gasteiger partial charge in [0.2, 0.25) is 5.91 Å². The highest BCUT2D eigenvalue weighted by atomic mass is 16.2. The highest BCUT2D eigenvalue weighted by Crippen LogP contribution is 2.13. The van der Waals surface area contributed by atoms with E-state index in [1.807, 2.05) is 4.90 Å². The molecule has 0 spiro atoms. The molecule has 1 amide bonds. The number of anilines is 2. The molecule has 15 heavy (non-hydrogen) atoms. The molecule has 1 aromatic heterocycles. The van der Waals surface area contributed by atoms with E-state index in [1.54, 1.807) is 18.1 Å². The van der Waals surface area contributed by atoms with Crippen molar-refractivity contribution in [2.24, 2.45) is 0 Å². The first-order valence-corrected chi connectivity index (χ1v) is 4.73. The van der Waals surface area contributed by atoms with E-state index in [4.69, 9.17) is 5.73 Å². The molecule has 2 rings (SSSR count). The maximum Gasteiger partial charge on any atom is 0.241 e. The first-order chi connectivity index (χ1) is 7.16. The number of rotatable bonds is 1. The lowest BCUT2D eigenvalue weighted by Gasteiger charge is -2.32. The van der Waals surface area contributed by atoms with E-state index in [-0.39, 0.29) is 5.91 Å². The molecule has 6 heteroatoms. The van der Waals surface area contributed by atoms with Crippen LogP contribution in [0.15, 0.2) is 12.4 Å². The molecule has 0 saturated carbocycles. The fourth-order valence-corrected chi connectivity index (χ4v) is 1.48. The summed E-state index contributed by atoms with van der Waals surface area (Å²) in [5, 5.41) is 0. The molecule has 1 fully saturated rings. The topological polar surface area (TPSA) is 75.3 Å². The lowest BCUT2D eigenvalue weighted by atomic mass is 10.3. The molecule has 1 aromatic rings. The minimum Gasteiger partial charge on any atom is -0.382 e. The predicted octanol–water partition coefficient (Wildman–Crippen LogP) is -0.663. The van der Waals surface area contributed by atoms with Crippen LogP contribution in [0.1, 0.15) is 0 Å². The van der Waals surface area contributed by atoms with Gasteiger partial charge in [-0.05, 0) is 0 Å². The third-order valence-corrected chi connectivity index (χ3v) is 2.42. The predicted molar refractivity (Wildman–Crippen MR) is 56.3 cm³/mol. The molecule has 1 aliphatic heterocycles. The van der Waals surface area contributed by atoms with Gasteiger partial charge in [0.1, 0.15) is 11.6 Å². The summed E-state index contributed by atoms with van der Waals surface area (Å²) in [4.78, 5) is 23.1. The van der Waals surface area contributed by atoms with E-state index in [0.29, 0.717) is 24.7 Å². The number of hydrogen-bond donors (Lipinski definition) is 1. The Morgan fingerprint density at radius 1 is 1.40 bits per heavy atom. The van der Waals surface area contributed by atoms with Crippen LogP contribution in [-0.4, -0.2) is 47.5 Å². The quantitative estimate of drug-likeness (QED) is 0.661. The summed E-state index contributed by atoms with van der Waals surface area (Å²) >= 11 is 0. The van der Waals surface area contributed by atoms with Crippen molar-refractivity contribution in [1.82, 2.24) is 14.9 Å². The van der Waals surface area contributed by atoms with Gasteiger partial charge >= 0.3 is 0 Å². The van der Waals surface area contributed by atoms with Crippen molar-refractivity contribution in [1.29, 1.82) is 0 Å². The molecule has 0 aromatic carbocycles. The van der Waals surface area contributed by atoms with Crippen LogP contribution < -0.4 is 10.6 Å². The number of amides is 1. The highest BCUT2D eigenvalue weighted by molar-refractivity contribution is 5.82. The van der Waals surface area contributed by atoms with Gasteiger partial charge in [-0.2, -0.15) is 0 Å². The number of nitrogens with zero attached hydrogens (tertiary/aromatic N) is 4. The second-order valence-electron chi connectivity index (χ2n) is 3.54. The Hall–Kier alpha value is -1.85. The van der Waals surface area contributed by atoms with E-state index in [9.17, 15) is 4.79 Å². The summed E-state index contributed by atoms with van der Waals surface area (Å²) in [6, 6.07) is 0. The van der Waals surface area contributed by atoms with E-state index < -0.39 is 0 Å². The van der Waals surface area contributed by atoms with Crippen molar-refractivity contribution in [2.45, 2.75) is 0 Å². The fraction of sp³-hybridized carbons (Fsp3) is 0.444. The summed E-state index contributed by atoms with van der Waals surface area (Å²) in [6.07, 6.45) is 3.11. The van der Waals surface area contributed by atoms with E-state index in [2.05, 4.69) is 9.97 Å². The zero-order chi connectivity index (χ0) is 10.8. The first kappa shape index (κ1) is 9.70. The third kappa shape index (κ3) is 1.98. The summed E-state index contributed by atoms with van der Waals surface area (Å²) in [5.74, 6) is 1.13. The number of nitrogen functional groups attached to an aromatic ring is 1. The van der Waals surface area contributed by atoms with Gasteiger partial charge in [-0.25, -0.2) is 4.98 Å². The second-order valence-corrected chi connectivity index (χ2v) is 3.54. The number of carbonyl (C=O) groups is 1. The van der Waals surface area contributed by atoms with Crippen molar-refractivity contribution < 1.29 is 4.79 Å². The standard InChI is InChI=1S/C9H13N5O/c1-13-2-3-14(6-9(13)15)8-5-11-4-7(10)12-8/h4-5H,2-3,6H2,1H3,(H2,10,12). The molecule has 2 heterocycles. The van der Waals surface area contributed by atoms with Crippen LogP contribution in [0.25, 0.3) is 0 Å². The van der Waals surface area contributed by atoms with Crippen molar-refractivity contribution in [3.8, 4) is 0 Å². The number of carbonyl (C=O) groups excluding carboxylic acids is 1. The molecule has 0 atom stereocenters. The minimum atomic E-state index is 0.0884. The van der Waals surface area contributed by atoms with E-state index in [0.717, 1.165) is 6.54 Å². The monoisotopic (exact) mass is 207 g/mol. The Bertz CT molecular complexity index is 381. The van der Waals surface area contributed by atoms with Crippen molar-refractivity contribution >= 4 is 17.5 Å². The van der Waals surface area contributed by atoms with Gasteiger partial charge in [0, 0.05) is 20.1 Å². The largest absolute Gasteiger partial charge is 0.382 e. The molecule has 0 radical (unpaired) electrons. The zero-order valence-electron chi connectivity index (χ0n) is 8.55. The molecule has 0 aliphatic carbocycles. The van der Waals surface area contributed by atoms with Crippen LogP contribution in [-0.2, 0) is 4.79 Å². The lowest BCUT2D eigenvalue weighted by Crippen LogP contribution is -2.48. The van der Waals surface area contributed by atoms with E-state index in [1.165, 1.54) is 6.20 Å². The molecule has 80 valence electrons. The summed E-state index contributed by atoms with van der Waals surface area (Å²) in [5.41, 5.74) is 5.53. The molecule has 2 N–H and O–H groups in total. The average molecular weight is 207 g/mol. The smallest absolute Gasteiger partial charge is 0.241 e.